The normalized spacial score (nSPS) is 21.6. The summed E-state index contributed by atoms with van der Waals surface area (Å²) in [6.07, 6.45) is 3.19. The third-order valence-corrected chi connectivity index (χ3v) is 8.80. The number of sulfonamides is 2. The minimum absolute atomic E-state index is 0.0516. The predicted molar refractivity (Wildman–Crippen MR) is 95.3 cm³/mol. The van der Waals surface area contributed by atoms with Crippen LogP contribution in [0.5, 0.6) is 0 Å². The van der Waals surface area contributed by atoms with Gasteiger partial charge < -0.3 is 5.32 Å². The topological polar surface area (TPSA) is 86.8 Å². The highest BCUT2D eigenvalue weighted by Crippen LogP contribution is 2.26. The highest BCUT2D eigenvalue weighted by Gasteiger charge is 2.31. The summed E-state index contributed by atoms with van der Waals surface area (Å²) in [7, 11) is -5.43. The second-order valence-corrected chi connectivity index (χ2v) is 10.4. The third-order valence-electron chi connectivity index (χ3n) is 5.01. The van der Waals surface area contributed by atoms with Crippen molar-refractivity contribution in [3.8, 4) is 0 Å². The summed E-state index contributed by atoms with van der Waals surface area (Å²) in [6.45, 7) is 1.88. The van der Waals surface area contributed by atoms with Gasteiger partial charge in [-0.05, 0) is 50.9 Å². The second kappa shape index (κ2) is 7.32. The standard InChI is InChI=1S/C16H25N3O4S2/c1-17-14-7-11-19(12-8-14)25(22,23)16-6-4-5-15(13-16)24(20,21)18-9-2-3-10-18/h4-6,13-14,17H,2-3,7-12H2,1H3. The first-order valence-corrected chi connectivity index (χ1v) is 11.5. The van der Waals surface area contributed by atoms with Crippen molar-refractivity contribution < 1.29 is 16.8 Å². The predicted octanol–water partition coefficient (Wildman–Crippen LogP) is 0.844. The summed E-state index contributed by atoms with van der Waals surface area (Å²) >= 11 is 0. The van der Waals surface area contributed by atoms with Gasteiger partial charge >= 0.3 is 0 Å². The molecule has 0 aliphatic carbocycles. The lowest BCUT2D eigenvalue weighted by molar-refractivity contribution is 0.298. The van der Waals surface area contributed by atoms with E-state index in [1.807, 2.05) is 7.05 Å². The lowest BCUT2D eigenvalue weighted by atomic mass is 10.1. The highest BCUT2D eigenvalue weighted by atomic mass is 32.2. The van der Waals surface area contributed by atoms with Crippen molar-refractivity contribution >= 4 is 20.0 Å². The maximum Gasteiger partial charge on any atom is 0.243 e. The van der Waals surface area contributed by atoms with Crippen molar-refractivity contribution in [3.63, 3.8) is 0 Å². The molecular formula is C16H25N3O4S2. The zero-order valence-electron chi connectivity index (χ0n) is 14.4. The lowest BCUT2D eigenvalue weighted by Crippen LogP contribution is -2.43. The van der Waals surface area contributed by atoms with E-state index in [4.69, 9.17) is 0 Å². The van der Waals surface area contributed by atoms with Crippen molar-refractivity contribution in [3.05, 3.63) is 24.3 Å². The van der Waals surface area contributed by atoms with Crippen LogP contribution in [0.2, 0.25) is 0 Å². The number of hydrogen-bond acceptors (Lipinski definition) is 5. The van der Waals surface area contributed by atoms with E-state index in [0.717, 1.165) is 25.7 Å². The fraction of sp³-hybridized carbons (Fsp3) is 0.625. The third kappa shape index (κ3) is 3.75. The van der Waals surface area contributed by atoms with Crippen LogP contribution < -0.4 is 5.32 Å². The average Bonchev–Trinajstić information content (AvgIpc) is 3.17. The molecule has 7 nitrogen and oxygen atoms in total. The molecule has 25 heavy (non-hydrogen) atoms. The molecule has 0 unspecified atom stereocenters. The number of piperidine rings is 1. The number of hydrogen-bond donors (Lipinski definition) is 1. The summed E-state index contributed by atoms with van der Waals surface area (Å²) in [5.74, 6) is 0. The van der Waals surface area contributed by atoms with Crippen LogP contribution in [0.15, 0.2) is 34.1 Å². The van der Waals surface area contributed by atoms with E-state index in [2.05, 4.69) is 5.32 Å². The van der Waals surface area contributed by atoms with Crippen molar-refractivity contribution in [2.24, 2.45) is 0 Å². The van der Waals surface area contributed by atoms with Gasteiger partial charge in [0.05, 0.1) is 9.79 Å². The van der Waals surface area contributed by atoms with Crippen molar-refractivity contribution in [2.45, 2.75) is 41.5 Å². The van der Waals surface area contributed by atoms with Crippen LogP contribution in [0.25, 0.3) is 0 Å². The smallest absolute Gasteiger partial charge is 0.243 e. The molecular weight excluding hydrogens is 362 g/mol. The van der Waals surface area contributed by atoms with Crippen LogP contribution in [0.4, 0.5) is 0 Å². The van der Waals surface area contributed by atoms with E-state index in [-0.39, 0.29) is 9.79 Å². The number of nitrogens with zero attached hydrogens (tertiary/aromatic N) is 2. The van der Waals surface area contributed by atoms with Gasteiger partial charge in [-0.25, -0.2) is 16.8 Å². The molecule has 0 spiro atoms. The minimum Gasteiger partial charge on any atom is -0.317 e. The zero-order chi connectivity index (χ0) is 18.1. The van der Waals surface area contributed by atoms with Crippen LogP contribution in [0.3, 0.4) is 0 Å². The Balaban J connectivity index is 1.86. The van der Waals surface area contributed by atoms with Gasteiger partial charge in [0.1, 0.15) is 0 Å². The van der Waals surface area contributed by atoms with Gasteiger partial charge in [0.2, 0.25) is 20.0 Å². The Morgan fingerprint density at radius 1 is 0.880 bits per heavy atom. The molecule has 2 saturated heterocycles. The van der Waals surface area contributed by atoms with E-state index in [0.29, 0.717) is 32.2 Å². The van der Waals surface area contributed by atoms with E-state index in [1.54, 1.807) is 0 Å². The van der Waals surface area contributed by atoms with E-state index in [1.165, 1.54) is 32.9 Å². The lowest BCUT2D eigenvalue weighted by Gasteiger charge is -2.31. The Kier molecular flexibility index (Phi) is 5.50. The molecule has 9 heteroatoms. The fourth-order valence-corrected chi connectivity index (χ4v) is 6.56. The Labute approximate surface area is 150 Å². The SMILES string of the molecule is CNC1CCN(S(=O)(=O)c2cccc(S(=O)(=O)N3CCCC3)c2)CC1. The molecule has 1 N–H and O–H groups in total. The minimum atomic E-state index is -3.68. The summed E-state index contributed by atoms with van der Waals surface area (Å²) in [6, 6.07) is 6.08. The summed E-state index contributed by atoms with van der Waals surface area (Å²) in [4.78, 5) is 0.108. The fourth-order valence-electron chi connectivity index (χ4n) is 3.41. The Morgan fingerprint density at radius 3 is 1.84 bits per heavy atom. The Bertz CT molecular complexity index is 810. The molecule has 0 aromatic heterocycles. The molecule has 0 saturated carbocycles. The van der Waals surface area contributed by atoms with Crippen molar-refractivity contribution in [2.75, 3.05) is 33.2 Å². The Hall–Kier alpha value is -1.00. The van der Waals surface area contributed by atoms with Crippen LogP contribution in [-0.4, -0.2) is 64.7 Å². The van der Waals surface area contributed by atoms with Crippen LogP contribution in [-0.2, 0) is 20.0 Å². The van der Waals surface area contributed by atoms with Crippen LogP contribution >= 0.6 is 0 Å². The van der Waals surface area contributed by atoms with Crippen molar-refractivity contribution in [1.29, 1.82) is 0 Å². The van der Waals surface area contributed by atoms with Gasteiger partial charge in [0.15, 0.2) is 0 Å². The van der Waals surface area contributed by atoms with Gasteiger partial charge in [-0.1, -0.05) is 6.07 Å². The monoisotopic (exact) mass is 387 g/mol. The van der Waals surface area contributed by atoms with Crippen LogP contribution in [0, 0.1) is 0 Å². The summed E-state index contributed by atoms with van der Waals surface area (Å²) < 4.78 is 54.0. The molecule has 2 fully saturated rings. The van der Waals surface area contributed by atoms with E-state index in [9.17, 15) is 16.8 Å². The second-order valence-electron chi connectivity index (χ2n) is 6.55. The van der Waals surface area contributed by atoms with E-state index >= 15 is 0 Å². The first kappa shape index (κ1) is 18.8. The molecule has 0 amide bonds. The number of nitrogens with one attached hydrogen (secondary N) is 1. The number of benzene rings is 1. The summed E-state index contributed by atoms with van der Waals surface area (Å²) in [5, 5.41) is 3.17. The van der Waals surface area contributed by atoms with Gasteiger partial charge in [0, 0.05) is 32.2 Å². The first-order chi connectivity index (χ1) is 11.9. The maximum atomic E-state index is 12.9. The van der Waals surface area contributed by atoms with Gasteiger partial charge in [-0.2, -0.15) is 8.61 Å². The van der Waals surface area contributed by atoms with Crippen LogP contribution in [0.1, 0.15) is 25.7 Å². The number of rotatable bonds is 5. The molecule has 3 rings (SSSR count). The molecule has 2 aliphatic rings. The largest absolute Gasteiger partial charge is 0.317 e. The first-order valence-electron chi connectivity index (χ1n) is 8.63. The molecule has 1 aromatic carbocycles. The van der Waals surface area contributed by atoms with Gasteiger partial charge in [-0.15, -0.1) is 0 Å². The van der Waals surface area contributed by atoms with E-state index < -0.39 is 20.0 Å². The molecule has 0 atom stereocenters. The zero-order valence-corrected chi connectivity index (χ0v) is 16.0. The average molecular weight is 388 g/mol. The molecule has 1 aromatic rings. The highest BCUT2D eigenvalue weighted by molar-refractivity contribution is 7.90. The summed E-state index contributed by atoms with van der Waals surface area (Å²) in [5.41, 5.74) is 0. The molecule has 0 radical (unpaired) electrons. The maximum absolute atomic E-state index is 12.9. The van der Waals surface area contributed by atoms with Gasteiger partial charge in [0.25, 0.3) is 0 Å². The molecule has 2 heterocycles. The molecule has 0 bridgehead atoms. The quantitative estimate of drug-likeness (QED) is 0.809. The van der Waals surface area contributed by atoms with Gasteiger partial charge in [-0.3, -0.25) is 0 Å². The molecule has 2 aliphatic heterocycles. The Morgan fingerprint density at radius 2 is 1.36 bits per heavy atom. The van der Waals surface area contributed by atoms with Crippen molar-refractivity contribution in [1.82, 2.24) is 13.9 Å². The molecule has 140 valence electrons.